The molecule has 60 heavy (non-hydrogen) atoms. The average molecular weight is 889 g/mol. The van der Waals surface area contributed by atoms with Crippen molar-refractivity contribution in [2.45, 2.75) is 68.6 Å². The molecule has 6 N–H and O–H groups in total. The Bertz CT molecular complexity index is 2490. The lowest BCUT2D eigenvalue weighted by molar-refractivity contribution is -0.161. The third-order valence-corrected chi connectivity index (χ3v) is 13.7. The van der Waals surface area contributed by atoms with Crippen molar-refractivity contribution in [3.63, 3.8) is 0 Å². The number of oxime groups is 1. The summed E-state index contributed by atoms with van der Waals surface area (Å²) < 4.78 is 22.5. The van der Waals surface area contributed by atoms with Gasteiger partial charge in [-0.1, -0.05) is 16.8 Å². The van der Waals surface area contributed by atoms with E-state index in [1.807, 2.05) is 4.90 Å². The van der Waals surface area contributed by atoms with Gasteiger partial charge in [0.25, 0.3) is 11.8 Å². The van der Waals surface area contributed by atoms with Gasteiger partial charge in [-0.25, -0.2) is 23.8 Å². The van der Waals surface area contributed by atoms with E-state index in [4.69, 9.17) is 26.9 Å². The number of fused-ring (bicyclic) bond motifs is 3. The van der Waals surface area contributed by atoms with E-state index in [0.717, 1.165) is 48.0 Å². The largest absolute Gasteiger partial charge is 0.511 e. The maximum absolute atomic E-state index is 16.1. The lowest BCUT2D eigenvalue weighted by atomic mass is 9.91. The quantitative estimate of drug-likeness (QED) is 0.0757. The smallest absolute Gasteiger partial charge is 0.478 e. The molecule has 4 aliphatic heterocycles. The summed E-state index contributed by atoms with van der Waals surface area (Å²) in [6.07, 6.45) is 2.74. The van der Waals surface area contributed by atoms with E-state index in [0.29, 0.717) is 25.2 Å². The number of nitrogen functional groups attached to an aromatic ring is 1. The number of halogens is 2. The number of nitrogens with one attached hydrogen (secondary N) is 1. The van der Waals surface area contributed by atoms with Crippen LogP contribution >= 0.6 is 34.7 Å². The van der Waals surface area contributed by atoms with Crippen molar-refractivity contribution in [3.05, 3.63) is 55.7 Å². The highest BCUT2D eigenvalue weighted by Gasteiger charge is 2.55. The van der Waals surface area contributed by atoms with Crippen LogP contribution in [0.25, 0.3) is 10.9 Å². The van der Waals surface area contributed by atoms with Crippen LogP contribution in [-0.2, 0) is 24.0 Å². The van der Waals surface area contributed by atoms with E-state index >= 15 is 4.39 Å². The van der Waals surface area contributed by atoms with Crippen LogP contribution in [0, 0.1) is 11.7 Å². The summed E-state index contributed by atoms with van der Waals surface area (Å²) in [5.41, 5.74) is 3.41. The zero-order valence-electron chi connectivity index (χ0n) is 31.9. The molecule has 2 amide bonds. The van der Waals surface area contributed by atoms with Gasteiger partial charge in [-0.05, 0) is 63.6 Å². The number of carbonyl (C=O) groups is 5. The Kier molecular flexibility index (Phi) is 10.7. The Balaban J connectivity index is 1.01. The highest BCUT2D eigenvalue weighted by Crippen LogP contribution is 2.46. The third kappa shape index (κ3) is 7.38. The molecule has 2 aromatic heterocycles. The molecule has 23 heteroatoms. The van der Waals surface area contributed by atoms with Gasteiger partial charge in [-0.15, -0.1) is 23.1 Å². The number of amides is 2. The Labute approximate surface area is 352 Å². The minimum atomic E-state index is -1.81. The molecule has 6 heterocycles. The Hall–Kier alpha value is -5.45. The first-order chi connectivity index (χ1) is 28.4. The second-order valence-corrected chi connectivity index (χ2v) is 18.0. The molecule has 4 fully saturated rings. The number of nitrogens with two attached hydrogens (primary N) is 1. The molecule has 1 aliphatic carbocycles. The van der Waals surface area contributed by atoms with Crippen molar-refractivity contribution in [1.29, 1.82) is 0 Å². The first-order valence-electron chi connectivity index (χ1n) is 18.8. The summed E-state index contributed by atoms with van der Waals surface area (Å²) in [5, 5.41) is 36.1. The molecule has 3 saturated heterocycles. The van der Waals surface area contributed by atoms with Crippen molar-refractivity contribution in [1.82, 2.24) is 24.7 Å². The van der Waals surface area contributed by atoms with Gasteiger partial charge in [0.05, 0.1) is 27.8 Å². The highest BCUT2D eigenvalue weighted by atomic mass is 35.5. The SMILES string of the molecule is CC(C)(ON=C(C(=O)N[C@@H]1C(=O)N2C(C(=O)O)=C(CN3CCC[C@H]4CN(c5c(F)cc6c(=O)c(OC(=O)O)cn(C7CC7)c6c5Cl)C[C@H]43)CS[C@H]12)c1csc(N)n1)C(=O)O. The fourth-order valence-electron chi connectivity index (χ4n) is 8.22. The molecule has 0 radical (unpaired) electrons. The molecule has 318 valence electrons. The maximum Gasteiger partial charge on any atom is 0.511 e. The Morgan fingerprint density at radius 3 is 2.55 bits per heavy atom. The first-order valence-corrected chi connectivity index (χ1v) is 21.1. The summed E-state index contributed by atoms with van der Waals surface area (Å²) in [7, 11) is 0. The Morgan fingerprint density at radius 1 is 1.15 bits per heavy atom. The number of carboxylic acid groups (broad SMARTS) is 3. The van der Waals surface area contributed by atoms with Gasteiger partial charge in [-0.3, -0.25) is 24.2 Å². The van der Waals surface area contributed by atoms with Crippen LogP contribution in [0.3, 0.4) is 0 Å². The zero-order valence-corrected chi connectivity index (χ0v) is 34.3. The summed E-state index contributed by atoms with van der Waals surface area (Å²) in [6, 6.07) is -0.290. The van der Waals surface area contributed by atoms with Crippen molar-refractivity contribution in [2.24, 2.45) is 11.1 Å². The van der Waals surface area contributed by atoms with Crippen LogP contribution in [0.15, 0.2) is 38.9 Å². The van der Waals surface area contributed by atoms with E-state index in [2.05, 4.69) is 20.4 Å². The van der Waals surface area contributed by atoms with Crippen LogP contribution in [0.5, 0.6) is 5.75 Å². The van der Waals surface area contributed by atoms with Gasteiger partial charge in [0.1, 0.15) is 28.6 Å². The average Bonchev–Trinajstić information content (AvgIpc) is 3.80. The molecule has 4 atom stereocenters. The van der Waals surface area contributed by atoms with Crippen LogP contribution in [0.4, 0.5) is 20.0 Å². The molecule has 0 bridgehead atoms. The van der Waals surface area contributed by atoms with Crippen LogP contribution in [0.1, 0.15) is 51.3 Å². The van der Waals surface area contributed by atoms with Crippen LogP contribution in [-0.4, -0.2) is 125 Å². The van der Waals surface area contributed by atoms with Gasteiger partial charge in [0.2, 0.25) is 11.0 Å². The lowest BCUT2D eigenvalue weighted by Crippen LogP contribution is -2.71. The molecule has 19 nitrogen and oxygen atoms in total. The number of aliphatic carboxylic acids is 2. The normalized spacial score (nSPS) is 23.3. The molecular formula is C37H38ClFN8O11S2. The molecule has 8 rings (SSSR count). The third-order valence-electron chi connectivity index (χ3n) is 11.3. The van der Waals surface area contributed by atoms with Gasteiger partial charge in [0, 0.05) is 42.9 Å². The number of thiazole rings is 1. The van der Waals surface area contributed by atoms with E-state index in [1.165, 1.54) is 37.2 Å². The fourth-order valence-corrected chi connectivity index (χ4v) is 10.5. The number of rotatable bonds is 12. The number of carboxylic acids is 2. The monoisotopic (exact) mass is 888 g/mol. The number of thioether (sulfide) groups is 1. The number of anilines is 2. The number of likely N-dealkylation sites (tertiary alicyclic amines) is 1. The van der Waals surface area contributed by atoms with E-state index in [9.17, 15) is 44.1 Å². The molecular weight excluding hydrogens is 851 g/mol. The van der Waals surface area contributed by atoms with Crippen molar-refractivity contribution >= 4 is 92.0 Å². The van der Waals surface area contributed by atoms with Crippen LogP contribution in [0.2, 0.25) is 5.02 Å². The minimum absolute atomic E-state index is 0.0133. The first kappa shape index (κ1) is 41.3. The Morgan fingerprint density at radius 2 is 1.90 bits per heavy atom. The number of ether oxygens (including phenoxy) is 1. The summed E-state index contributed by atoms with van der Waals surface area (Å²) in [6.45, 7) is 4.05. The van der Waals surface area contributed by atoms with E-state index < -0.39 is 69.6 Å². The zero-order chi connectivity index (χ0) is 42.9. The van der Waals surface area contributed by atoms with Gasteiger partial charge < -0.3 is 45.4 Å². The predicted molar refractivity (Wildman–Crippen MR) is 216 cm³/mol. The number of nitrogens with zero attached hydrogens (tertiary/aromatic N) is 6. The van der Waals surface area contributed by atoms with Crippen molar-refractivity contribution in [3.8, 4) is 5.75 Å². The number of benzene rings is 1. The van der Waals surface area contributed by atoms with Crippen LogP contribution < -0.4 is 26.1 Å². The second kappa shape index (κ2) is 15.5. The highest BCUT2D eigenvalue weighted by molar-refractivity contribution is 8.00. The predicted octanol–water partition coefficient (Wildman–Crippen LogP) is 3.15. The van der Waals surface area contributed by atoms with Gasteiger partial charge in [-0.2, -0.15) is 0 Å². The number of pyridine rings is 1. The maximum atomic E-state index is 16.1. The standard InChI is InChI=1S/C37H38ClFN8O11S2/c1-37(2,34(53)54)58-43-24(20-14-60-35(40)41-20)30(49)42-25-31(50)47-26(33(51)52)16(13-59-32(25)47)10-44-7-3-4-15-9-45(11-21(15)44)28-19(39)8-18-27(23(28)38)46(17-5-6-17)12-22(29(18)48)57-36(55)56/h8,12,14-15,17,21,25,32H,3-7,9-11,13H2,1-2H3,(H2,40,41)(H,42,49)(H,51,52)(H,53,54)(H,55,56)/t15-,21+,25+,32+/m0/s1. The number of piperidine rings is 1. The summed E-state index contributed by atoms with van der Waals surface area (Å²) in [5.74, 6) is -5.17. The number of hydrogen-bond acceptors (Lipinski definition) is 15. The fraction of sp³-hybridized carbons (Fsp3) is 0.459. The molecule has 0 unspecified atom stereocenters. The second-order valence-electron chi connectivity index (χ2n) is 15.6. The molecule has 5 aliphatic rings. The summed E-state index contributed by atoms with van der Waals surface area (Å²) >= 11 is 9.25. The minimum Gasteiger partial charge on any atom is -0.478 e. The molecule has 3 aromatic rings. The number of aromatic nitrogens is 2. The summed E-state index contributed by atoms with van der Waals surface area (Å²) in [4.78, 5) is 90.4. The van der Waals surface area contributed by atoms with Gasteiger partial charge >= 0.3 is 18.1 Å². The molecule has 1 aromatic carbocycles. The number of β-lactam (4-membered cyclic amide) rings is 1. The lowest BCUT2D eigenvalue weighted by Gasteiger charge is -2.50. The van der Waals surface area contributed by atoms with E-state index in [-0.39, 0.29) is 68.4 Å². The number of hydrogen-bond donors (Lipinski definition) is 5. The van der Waals surface area contributed by atoms with Crippen molar-refractivity contribution in [2.75, 3.05) is 42.6 Å². The number of carbonyl (C=O) groups excluding carboxylic acids is 2. The van der Waals surface area contributed by atoms with Gasteiger partial charge in [0.15, 0.2) is 16.6 Å². The van der Waals surface area contributed by atoms with E-state index in [1.54, 1.807) is 4.57 Å². The molecule has 0 spiro atoms. The topological polar surface area (TPSA) is 260 Å². The van der Waals surface area contributed by atoms with Crippen molar-refractivity contribution < 1.29 is 53.3 Å². The molecule has 1 saturated carbocycles.